The lowest BCUT2D eigenvalue weighted by atomic mass is 9.77. The normalized spacial score (nSPS) is 22.7. The predicted octanol–water partition coefficient (Wildman–Crippen LogP) is 2.93. The lowest BCUT2D eigenvalue weighted by Gasteiger charge is -2.28. The Hall–Kier alpha value is -2.97. The van der Waals surface area contributed by atoms with Gasteiger partial charge in [-0.15, -0.1) is 0 Å². The topological polar surface area (TPSA) is 105 Å². The highest BCUT2D eigenvalue weighted by Gasteiger charge is 2.71. The summed E-state index contributed by atoms with van der Waals surface area (Å²) in [4.78, 5) is 37.3. The van der Waals surface area contributed by atoms with Crippen LogP contribution in [-0.4, -0.2) is 42.7 Å². The third kappa shape index (κ3) is 3.45. The first-order valence-corrected chi connectivity index (χ1v) is 9.03. The van der Waals surface area contributed by atoms with Crippen molar-refractivity contribution in [3.8, 4) is 0 Å². The van der Waals surface area contributed by atoms with Crippen LogP contribution in [0.5, 0.6) is 0 Å². The van der Waals surface area contributed by atoms with Crippen LogP contribution < -0.4 is 0 Å². The second-order valence-electron chi connectivity index (χ2n) is 6.47. The Balaban J connectivity index is 2.28. The largest absolute Gasteiger partial charge is 0.466 e. The SMILES string of the molecule is COC(=O)C1(C(=O)OC)O[C@H](c2ccccc2)[C@H]([N+](=O)[O-])[C@H]1c1ccc(Cl)cc1. The second-order valence-corrected chi connectivity index (χ2v) is 6.91. The molecule has 1 aliphatic heterocycles. The molecule has 2 aromatic rings. The predicted molar refractivity (Wildman–Crippen MR) is 102 cm³/mol. The average Bonchev–Trinajstić information content (AvgIpc) is 3.11. The molecule has 0 spiro atoms. The number of hydrogen-bond donors (Lipinski definition) is 0. The van der Waals surface area contributed by atoms with Gasteiger partial charge in [-0.3, -0.25) is 10.1 Å². The fraction of sp³-hybridized carbons (Fsp3) is 0.300. The van der Waals surface area contributed by atoms with Gasteiger partial charge in [-0.25, -0.2) is 9.59 Å². The van der Waals surface area contributed by atoms with Crippen LogP contribution in [0, 0.1) is 10.1 Å². The van der Waals surface area contributed by atoms with E-state index in [0.29, 0.717) is 16.1 Å². The average molecular weight is 420 g/mol. The maximum atomic E-state index is 12.8. The Bertz CT molecular complexity index is 900. The molecule has 0 bridgehead atoms. The number of benzene rings is 2. The fourth-order valence-electron chi connectivity index (χ4n) is 3.74. The Kier molecular flexibility index (Phi) is 5.86. The number of nitrogens with zero attached hydrogens (tertiary/aromatic N) is 1. The van der Waals surface area contributed by atoms with Gasteiger partial charge in [0.15, 0.2) is 6.10 Å². The lowest BCUT2D eigenvalue weighted by molar-refractivity contribution is -0.531. The Labute approximate surface area is 171 Å². The number of nitro groups is 1. The maximum absolute atomic E-state index is 12.8. The van der Waals surface area contributed by atoms with Crippen molar-refractivity contribution < 1.29 is 28.7 Å². The lowest BCUT2D eigenvalue weighted by Crippen LogP contribution is -2.53. The van der Waals surface area contributed by atoms with Crippen LogP contribution in [0.15, 0.2) is 54.6 Å². The molecular formula is C20H18ClNO7. The molecule has 152 valence electrons. The molecule has 29 heavy (non-hydrogen) atoms. The summed E-state index contributed by atoms with van der Waals surface area (Å²) in [6, 6.07) is 13.0. The van der Waals surface area contributed by atoms with Crippen LogP contribution in [0.3, 0.4) is 0 Å². The van der Waals surface area contributed by atoms with Gasteiger partial charge in [0.2, 0.25) is 0 Å². The summed E-state index contributed by atoms with van der Waals surface area (Å²) in [7, 11) is 2.15. The quantitative estimate of drug-likeness (QED) is 0.317. The number of rotatable bonds is 5. The second kappa shape index (κ2) is 8.18. The molecule has 0 aliphatic carbocycles. The first kappa shape index (κ1) is 20.8. The molecule has 1 aliphatic rings. The van der Waals surface area contributed by atoms with Gasteiger partial charge in [0, 0.05) is 9.95 Å². The van der Waals surface area contributed by atoms with E-state index in [9.17, 15) is 19.7 Å². The van der Waals surface area contributed by atoms with Crippen molar-refractivity contribution >= 4 is 23.5 Å². The van der Waals surface area contributed by atoms with Crippen molar-refractivity contribution in [1.29, 1.82) is 0 Å². The van der Waals surface area contributed by atoms with Gasteiger partial charge >= 0.3 is 11.9 Å². The van der Waals surface area contributed by atoms with E-state index in [1.54, 1.807) is 30.3 Å². The molecule has 0 amide bonds. The van der Waals surface area contributed by atoms with E-state index in [4.69, 9.17) is 25.8 Å². The molecule has 0 aromatic heterocycles. The van der Waals surface area contributed by atoms with Crippen molar-refractivity contribution in [2.45, 2.75) is 23.7 Å². The molecule has 0 radical (unpaired) electrons. The smallest absolute Gasteiger partial charge is 0.351 e. The zero-order chi connectivity index (χ0) is 21.2. The van der Waals surface area contributed by atoms with E-state index >= 15 is 0 Å². The number of hydrogen-bond acceptors (Lipinski definition) is 7. The summed E-state index contributed by atoms with van der Waals surface area (Å²) >= 11 is 5.94. The van der Waals surface area contributed by atoms with E-state index < -0.39 is 40.5 Å². The van der Waals surface area contributed by atoms with E-state index in [-0.39, 0.29) is 0 Å². The van der Waals surface area contributed by atoms with E-state index in [1.165, 1.54) is 24.3 Å². The van der Waals surface area contributed by atoms with Gasteiger partial charge < -0.3 is 14.2 Å². The van der Waals surface area contributed by atoms with Gasteiger partial charge in [0.05, 0.1) is 14.2 Å². The molecule has 1 heterocycles. The third-order valence-electron chi connectivity index (χ3n) is 4.98. The van der Waals surface area contributed by atoms with E-state index in [1.807, 2.05) is 0 Å². The van der Waals surface area contributed by atoms with Crippen molar-refractivity contribution in [3.63, 3.8) is 0 Å². The highest BCUT2D eigenvalue weighted by Crippen LogP contribution is 2.51. The molecule has 8 nitrogen and oxygen atoms in total. The van der Waals surface area contributed by atoms with Crippen LogP contribution in [-0.2, 0) is 23.8 Å². The molecule has 2 aromatic carbocycles. The molecule has 3 atom stereocenters. The van der Waals surface area contributed by atoms with Crippen LogP contribution >= 0.6 is 11.6 Å². The number of methoxy groups -OCH3 is 2. The first-order valence-electron chi connectivity index (χ1n) is 8.65. The highest BCUT2D eigenvalue weighted by molar-refractivity contribution is 6.30. The zero-order valence-electron chi connectivity index (χ0n) is 15.6. The third-order valence-corrected chi connectivity index (χ3v) is 5.23. The Morgan fingerprint density at radius 2 is 1.55 bits per heavy atom. The monoisotopic (exact) mass is 419 g/mol. The fourth-order valence-corrected chi connectivity index (χ4v) is 3.86. The number of halogens is 1. The number of carbonyl (C=O) groups is 2. The van der Waals surface area contributed by atoms with Crippen LogP contribution in [0.4, 0.5) is 0 Å². The van der Waals surface area contributed by atoms with Crippen LogP contribution in [0.2, 0.25) is 5.02 Å². The minimum atomic E-state index is -2.35. The molecule has 9 heteroatoms. The Morgan fingerprint density at radius 1 is 1.00 bits per heavy atom. The molecule has 1 fully saturated rings. The standard InChI is InChI=1S/C20H18ClNO7/c1-27-18(23)20(19(24)28-2)15(12-8-10-14(21)11-9-12)16(22(25)26)17(29-20)13-6-4-3-5-7-13/h3-11,15-17H,1-2H3/t15-,16-,17-/m1/s1. The molecule has 3 rings (SSSR count). The highest BCUT2D eigenvalue weighted by atomic mass is 35.5. The van der Waals surface area contributed by atoms with Gasteiger partial charge in [0.25, 0.3) is 11.6 Å². The number of esters is 2. The minimum absolute atomic E-state index is 0.324. The van der Waals surface area contributed by atoms with Gasteiger partial charge in [-0.1, -0.05) is 54.1 Å². The summed E-state index contributed by atoms with van der Waals surface area (Å²) in [5.41, 5.74) is -1.58. The first-order chi connectivity index (χ1) is 13.9. The van der Waals surface area contributed by atoms with E-state index in [0.717, 1.165) is 14.2 Å². The molecule has 0 unspecified atom stereocenters. The van der Waals surface area contributed by atoms with E-state index in [2.05, 4.69) is 0 Å². The molecular weight excluding hydrogens is 402 g/mol. The summed E-state index contributed by atoms with van der Waals surface area (Å²) in [5.74, 6) is -3.45. The summed E-state index contributed by atoms with van der Waals surface area (Å²) in [6.45, 7) is 0. The summed E-state index contributed by atoms with van der Waals surface area (Å²) < 4.78 is 15.6. The molecule has 0 N–H and O–H groups in total. The minimum Gasteiger partial charge on any atom is -0.466 e. The number of carbonyl (C=O) groups excluding carboxylic acids is 2. The van der Waals surface area contributed by atoms with Crippen molar-refractivity contribution in [3.05, 3.63) is 80.9 Å². The maximum Gasteiger partial charge on any atom is 0.351 e. The van der Waals surface area contributed by atoms with Crippen LogP contribution in [0.1, 0.15) is 23.1 Å². The van der Waals surface area contributed by atoms with Crippen molar-refractivity contribution in [1.82, 2.24) is 0 Å². The summed E-state index contributed by atoms with van der Waals surface area (Å²) in [6.07, 6.45) is -1.19. The zero-order valence-corrected chi connectivity index (χ0v) is 16.4. The summed E-state index contributed by atoms with van der Waals surface area (Å²) in [5, 5.41) is 12.5. The number of ether oxygens (including phenoxy) is 3. The van der Waals surface area contributed by atoms with Gasteiger partial charge in [-0.05, 0) is 23.3 Å². The van der Waals surface area contributed by atoms with Gasteiger partial charge in [0.1, 0.15) is 5.92 Å². The van der Waals surface area contributed by atoms with Crippen LogP contribution in [0.25, 0.3) is 0 Å². The van der Waals surface area contributed by atoms with Crippen molar-refractivity contribution in [2.75, 3.05) is 14.2 Å². The molecule has 1 saturated heterocycles. The molecule has 0 saturated carbocycles. The Morgan fingerprint density at radius 3 is 2.03 bits per heavy atom. The van der Waals surface area contributed by atoms with Crippen molar-refractivity contribution in [2.24, 2.45) is 0 Å². The van der Waals surface area contributed by atoms with Gasteiger partial charge in [-0.2, -0.15) is 0 Å².